The van der Waals surface area contributed by atoms with Gasteiger partial charge in [0.25, 0.3) is 0 Å². The Morgan fingerprint density at radius 3 is 1.20 bits per heavy atom. The van der Waals surface area contributed by atoms with E-state index in [-0.39, 0.29) is 0 Å². The Bertz CT molecular complexity index is 2830. The molecule has 0 radical (unpaired) electrons. The summed E-state index contributed by atoms with van der Waals surface area (Å²) < 4.78 is 2.46. The molecule has 6 heteroatoms. The molecule has 0 N–H and O–H groups in total. The summed E-state index contributed by atoms with van der Waals surface area (Å²) in [4.78, 5) is 24.8. The van der Waals surface area contributed by atoms with Gasteiger partial charge in [0.1, 0.15) is 0 Å². The third-order valence-electron chi connectivity index (χ3n) is 9.77. The maximum absolute atomic E-state index is 5.07. The molecule has 0 unspecified atom stereocenters. The van der Waals surface area contributed by atoms with Crippen LogP contribution in [0.25, 0.3) is 99.4 Å². The lowest BCUT2D eigenvalue weighted by molar-refractivity contribution is 1.07. The molecule has 10 aromatic rings. The zero-order chi connectivity index (χ0) is 36.6. The van der Waals surface area contributed by atoms with E-state index >= 15 is 0 Å². The van der Waals surface area contributed by atoms with Crippen LogP contribution in [0.15, 0.2) is 188 Å². The first-order valence-corrected chi connectivity index (χ1v) is 19.0. The van der Waals surface area contributed by atoms with Crippen LogP contribution in [0.5, 0.6) is 0 Å². The first-order valence-electron chi connectivity index (χ1n) is 18.2. The van der Waals surface area contributed by atoms with Crippen LogP contribution in [-0.4, -0.2) is 24.9 Å². The molecule has 0 aliphatic carbocycles. The Balaban J connectivity index is 0.994. The molecule has 0 atom stereocenters. The van der Waals surface area contributed by atoms with E-state index in [4.69, 9.17) is 24.9 Å². The molecule has 0 aliphatic heterocycles. The third kappa shape index (κ3) is 6.45. The fraction of sp³-hybridized carbons (Fsp3) is 0. The van der Waals surface area contributed by atoms with Crippen molar-refractivity contribution >= 4 is 31.5 Å². The lowest BCUT2D eigenvalue weighted by atomic mass is 10.0. The molecule has 0 saturated carbocycles. The van der Waals surface area contributed by atoms with Gasteiger partial charge in [0.2, 0.25) is 0 Å². The second kappa shape index (κ2) is 14.0. The van der Waals surface area contributed by atoms with Gasteiger partial charge < -0.3 is 0 Å². The number of thiophene rings is 1. The van der Waals surface area contributed by atoms with Crippen molar-refractivity contribution in [3.8, 4) is 79.2 Å². The fourth-order valence-electron chi connectivity index (χ4n) is 6.94. The van der Waals surface area contributed by atoms with Crippen molar-refractivity contribution in [1.29, 1.82) is 0 Å². The monoisotopic (exact) mass is 721 g/mol. The quantitative estimate of drug-likeness (QED) is 0.164. The molecule has 0 spiro atoms. The minimum atomic E-state index is 0.643. The van der Waals surface area contributed by atoms with Gasteiger partial charge in [-0.3, -0.25) is 0 Å². The predicted molar refractivity (Wildman–Crippen MR) is 226 cm³/mol. The van der Waals surface area contributed by atoms with E-state index < -0.39 is 0 Å². The minimum absolute atomic E-state index is 0.643. The Morgan fingerprint density at radius 1 is 0.255 bits per heavy atom. The van der Waals surface area contributed by atoms with E-state index in [2.05, 4.69) is 91.0 Å². The van der Waals surface area contributed by atoms with E-state index in [0.717, 1.165) is 55.9 Å². The fourth-order valence-corrected chi connectivity index (χ4v) is 8.06. The number of fused-ring (bicyclic) bond motifs is 3. The highest BCUT2D eigenvalue weighted by Crippen LogP contribution is 2.39. The second-order valence-electron chi connectivity index (χ2n) is 13.3. The summed E-state index contributed by atoms with van der Waals surface area (Å²) in [6, 6.07) is 64.6. The standard InChI is InChI=1S/C49H31N5S/c1-5-13-33(14-6-1)42-31-43(34-15-7-2-8-16-34)51-49(50-42)39-26-28-44-41(29-39)40-27-25-38(30-45(40)55-44)32-21-23-37(24-22-32)48-53-46(35-17-9-3-10-18-35)52-47(54-48)36-19-11-4-12-20-36/h1-31H. The number of nitrogens with zero attached hydrogens (tertiary/aromatic N) is 5. The molecule has 5 nitrogen and oxygen atoms in total. The summed E-state index contributed by atoms with van der Waals surface area (Å²) in [5, 5.41) is 2.42. The molecule has 258 valence electrons. The largest absolute Gasteiger partial charge is 0.228 e. The van der Waals surface area contributed by atoms with E-state index in [1.54, 1.807) is 11.3 Å². The molecule has 3 aromatic heterocycles. The van der Waals surface area contributed by atoms with Crippen molar-refractivity contribution in [3.63, 3.8) is 0 Å². The van der Waals surface area contributed by atoms with E-state index in [1.807, 2.05) is 97.1 Å². The molecule has 0 bridgehead atoms. The maximum atomic E-state index is 5.07. The molecular formula is C49H31N5S. The van der Waals surface area contributed by atoms with Crippen LogP contribution in [0.1, 0.15) is 0 Å². The number of hydrogen-bond acceptors (Lipinski definition) is 6. The zero-order valence-corrected chi connectivity index (χ0v) is 30.4. The van der Waals surface area contributed by atoms with Crippen LogP contribution in [-0.2, 0) is 0 Å². The lowest BCUT2D eigenvalue weighted by Gasteiger charge is -2.09. The summed E-state index contributed by atoms with van der Waals surface area (Å²) in [6.07, 6.45) is 0. The lowest BCUT2D eigenvalue weighted by Crippen LogP contribution is -2.00. The minimum Gasteiger partial charge on any atom is -0.228 e. The van der Waals surface area contributed by atoms with Crippen molar-refractivity contribution in [1.82, 2.24) is 24.9 Å². The van der Waals surface area contributed by atoms with Crippen LogP contribution in [0.2, 0.25) is 0 Å². The average molecular weight is 722 g/mol. The van der Waals surface area contributed by atoms with Gasteiger partial charge in [0, 0.05) is 53.6 Å². The van der Waals surface area contributed by atoms with Crippen LogP contribution < -0.4 is 0 Å². The second-order valence-corrected chi connectivity index (χ2v) is 14.4. The number of hydrogen-bond donors (Lipinski definition) is 0. The van der Waals surface area contributed by atoms with Gasteiger partial charge in [-0.2, -0.15) is 0 Å². The van der Waals surface area contributed by atoms with E-state index in [9.17, 15) is 0 Å². The molecule has 10 rings (SSSR count). The van der Waals surface area contributed by atoms with Gasteiger partial charge in [0.15, 0.2) is 23.3 Å². The van der Waals surface area contributed by atoms with Crippen molar-refractivity contribution in [3.05, 3.63) is 188 Å². The predicted octanol–water partition coefficient (Wildman–Crippen LogP) is 12.7. The number of aromatic nitrogens is 5. The Labute approximate surface area is 322 Å². The van der Waals surface area contributed by atoms with Crippen molar-refractivity contribution in [2.75, 3.05) is 0 Å². The summed E-state index contributed by atoms with van der Waals surface area (Å²) in [5.74, 6) is 2.66. The topological polar surface area (TPSA) is 64.5 Å². The molecule has 0 fully saturated rings. The number of rotatable bonds is 7. The summed E-state index contributed by atoms with van der Waals surface area (Å²) in [5.41, 5.74) is 10.0. The van der Waals surface area contributed by atoms with E-state index in [1.165, 1.54) is 20.2 Å². The number of benzene rings is 7. The molecule has 3 heterocycles. The van der Waals surface area contributed by atoms with Crippen LogP contribution in [0.4, 0.5) is 0 Å². The Kier molecular flexibility index (Phi) is 8.28. The van der Waals surface area contributed by atoms with Crippen LogP contribution in [0.3, 0.4) is 0 Å². The highest BCUT2D eigenvalue weighted by molar-refractivity contribution is 7.25. The van der Waals surface area contributed by atoms with Gasteiger partial charge in [-0.05, 0) is 41.5 Å². The average Bonchev–Trinajstić information content (AvgIpc) is 3.64. The SMILES string of the molecule is c1ccc(-c2cc(-c3ccccc3)nc(-c3ccc4sc5cc(-c6ccc(-c7nc(-c8ccccc8)nc(-c8ccccc8)n7)cc6)ccc5c4c3)n2)cc1. The third-order valence-corrected chi connectivity index (χ3v) is 10.9. The summed E-state index contributed by atoms with van der Waals surface area (Å²) in [6.45, 7) is 0. The van der Waals surface area contributed by atoms with Gasteiger partial charge in [-0.15, -0.1) is 11.3 Å². The molecule has 0 saturated heterocycles. The highest BCUT2D eigenvalue weighted by Gasteiger charge is 2.15. The first-order chi connectivity index (χ1) is 27.2. The van der Waals surface area contributed by atoms with Crippen molar-refractivity contribution < 1.29 is 0 Å². The normalized spacial score (nSPS) is 11.3. The van der Waals surface area contributed by atoms with Gasteiger partial charge in [0.05, 0.1) is 11.4 Å². The molecule has 0 amide bonds. The zero-order valence-electron chi connectivity index (χ0n) is 29.5. The van der Waals surface area contributed by atoms with Crippen molar-refractivity contribution in [2.45, 2.75) is 0 Å². The summed E-state index contributed by atoms with van der Waals surface area (Å²) >= 11 is 1.81. The van der Waals surface area contributed by atoms with Gasteiger partial charge in [-0.1, -0.05) is 158 Å². The molecule has 55 heavy (non-hydrogen) atoms. The van der Waals surface area contributed by atoms with Crippen LogP contribution >= 0.6 is 11.3 Å². The Hall–Kier alpha value is -7.15. The first kappa shape index (κ1) is 32.5. The molecule has 0 aliphatic rings. The summed E-state index contributed by atoms with van der Waals surface area (Å²) in [7, 11) is 0. The smallest absolute Gasteiger partial charge is 0.164 e. The van der Waals surface area contributed by atoms with Crippen molar-refractivity contribution in [2.24, 2.45) is 0 Å². The maximum Gasteiger partial charge on any atom is 0.164 e. The molecular weight excluding hydrogens is 691 g/mol. The van der Waals surface area contributed by atoms with Crippen LogP contribution in [0, 0.1) is 0 Å². The molecule has 7 aromatic carbocycles. The van der Waals surface area contributed by atoms with E-state index in [0.29, 0.717) is 23.3 Å². The highest BCUT2D eigenvalue weighted by atomic mass is 32.1. The van der Waals surface area contributed by atoms with Gasteiger partial charge >= 0.3 is 0 Å². The van der Waals surface area contributed by atoms with Gasteiger partial charge in [-0.25, -0.2) is 24.9 Å². The Morgan fingerprint density at radius 2 is 0.673 bits per heavy atom.